The predicted octanol–water partition coefficient (Wildman–Crippen LogP) is 1.19. The zero-order valence-corrected chi connectivity index (χ0v) is 13.0. The molecule has 0 aromatic carbocycles. The molecule has 1 N–H and O–H groups in total. The van der Waals surface area contributed by atoms with Crippen molar-refractivity contribution in [3.05, 3.63) is 18.0 Å². The lowest BCUT2D eigenvalue weighted by Gasteiger charge is -2.18. The number of likely N-dealkylation sites (tertiary alicyclic amines) is 1. The zero-order valence-electron chi connectivity index (χ0n) is 13.0. The van der Waals surface area contributed by atoms with Crippen molar-refractivity contribution >= 4 is 5.91 Å². The van der Waals surface area contributed by atoms with E-state index in [0.29, 0.717) is 23.9 Å². The summed E-state index contributed by atoms with van der Waals surface area (Å²) in [5, 5.41) is 2.97. The second-order valence-corrected chi connectivity index (χ2v) is 5.98. The number of hydrogen-bond donors (Lipinski definition) is 1. The van der Waals surface area contributed by atoms with Gasteiger partial charge in [0.1, 0.15) is 0 Å². The fraction of sp³-hybridized carbons (Fsp3) is 0.667. The van der Waals surface area contributed by atoms with Gasteiger partial charge >= 0.3 is 6.01 Å². The minimum absolute atomic E-state index is 0.125. The summed E-state index contributed by atoms with van der Waals surface area (Å²) in [6.07, 6.45) is 4.12. The fourth-order valence-electron chi connectivity index (χ4n) is 2.64. The van der Waals surface area contributed by atoms with Crippen molar-refractivity contribution in [1.82, 2.24) is 20.2 Å². The molecule has 2 heterocycles. The topological polar surface area (TPSA) is 67.3 Å². The molecule has 1 aliphatic heterocycles. The average Bonchev–Trinajstić information content (AvgIpc) is 2.91. The van der Waals surface area contributed by atoms with Crippen LogP contribution in [0.25, 0.3) is 0 Å². The van der Waals surface area contributed by atoms with Crippen LogP contribution in [0.5, 0.6) is 6.01 Å². The molecule has 0 spiro atoms. The van der Waals surface area contributed by atoms with Gasteiger partial charge in [-0.1, -0.05) is 13.8 Å². The van der Waals surface area contributed by atoms with Crippen LogP contribution in [0.2, 0.25) is 0 Å². The first kappa shape index (κ1) is 15.7. The number of nitrogens with one attached hydrogen (secondary N) is 1. The van der Waals surface area contributed by atoms with Gasteiger partial charge in [-0.3, -0.25) is 4.79 Å². The van der Waals surface area contributed by atoms with Gasteiger partial charge < -0.3 is 15.0 Å². The molecule has 116 valence electrons. The van der Waals surface area contributed by atoms with E-state index in [2.05, 4.69) is 34.0 Å². The summed E-state index contributed by atoms with van der Waals surface area (Å²) in [4.78, 5) is 22.4. The van der Waals surface area contributed by atoms with Gasteiger partial charge in [-0.25, -0.2) is 9.97 Å². The first-order valence-corrected chi connectivity index (χ1v) is 7.45. The van der Waals surface area contributed by atoms with Gasteiger partial charge in [-0.05, 0) is 24.8 Å². The molecule has 1 atom stereocenters. The maximum atomic E-state index is 12.0. The summed E-state index contributed by atoms with van der Waals surface area (Å²) in [6, 6.07) is 0.270. The minimum atomic E-state index is -0.125. The van der Waals surface area contributed by atoms with Crippen LogP contribution < -0.4 is 10.1 Å². The van der Waals surface area contributed by atoms with Crippen LogP contribution in [0.15, 0.2) is 12.4 Å². The lowest BCUT2D eigenvalue weighted by Crippen LogP contribution is -2.32. The van der Waals surface area contributed by atoms with Crippen molar-refractivity contribution < 1.29 is 9.53 Å². The van der Waals surface area contributed by atoms with E-state index in [1.54, 1.807) is 0 Å². The number of methoxy groups -OCH3 is 1. The van der Waals surface area contributed by atoms with Crippen molar-refractivity contribution in [3.63, 3.8) is 0 Å². The Morgan fingerprint density at radius 2 is 2.19 bits per heavy atom. The summed E-state index contributed by atoms with van der Waals surface area (Å²) in [6.45, 7) is 8.51. The number of amides is 1. The van der Waals surface area contributed by atoms with Gasteiger partial charge in [0.2, 0.25) is 0 Å². The van der Waals surface area contributed by atoms with Crippen molar-refractivity contribution in [2.45, 2.75) is 20.3 Å². The van der Waals surface area contributed by atoms with Gasteiger partial charge in [-0.2, -0.15) is 0 Å². The molecule has 1 fully saturated rings. The first-order valence-electron chi connectivity index (χ1n) is 7.45. The maximum absolute atomic E-state index is 12.0. The van der Waals surface area contributed by atoms with Crippen molar-refractivity contribution in [3.8, 4) is 6.01 Å². The van der Waals surface area contributed by atoms with Gasteiger partial charge in [-0.15, -0.1) is 0 Å². The molecule has 1 aromatic rings. The van der Waals surface area contributed by atoms with Crippen LogP contribution in [0, 0.1) is 11.8 Å². The fourth-order valence-corrected chi connectivity index (χ4v) is 2.64. The third-order valence-electron chi connectivity index (χ3n) is 3.62. The molecule has 6 nitrogen and oxygen atoms in total. The molecule has 2 rings (SSSR count). The van der Waals surface area contributed by atoms with E-state index in [1.165, 1.54) is 19.5 Å². The molecule has 0 saturated carbocycles. The van der Waals surface area contributed by atoms with Crippen LogP contribution in [-0.2, 0) is 0 Å². The third-order valence-corrected chi connectivity index (χ3v) is 3.62. The zero-order chi connectivity index (χ0) is 15.2. The molecule has 0 radical (unpaired) electrons. The summed E-state index contributed by atoms with van der Waals surface area (Å²) in [5.41, 5.74) is 0.466. The summed E-state index contributed by atoms with van der Waals surface area (Å²) in [7, 11) is 1.50. The highest BCUT2D eigenvalue weighted by Gasteiger charge is 2.23. The number of rotatable bonds is 6. The molecule has 1 unspecified atom stereocenters. The van der Waals surface area contributed by atoms with Crippen LogP contribution in [0.4, 0.5) is 0 Å². The Hall–Kier alpha value is -1.69. The van der Waals surface area contributed by atoms with Gasteiger partial charge in [0.15, 0.2) is 0 Å². The highest BCUT2D eigenvalue weighted by atomic mass is 16.5. The smallest absolute Gasteiger partial charge is 0.316 e. The molecule has 1 aliphatic rings. The van der Waals surface area contributed by atoms with E-state index in [9.17, 15) is 4.79 Å². The second kappa shape index (κ2) is 7.36. The number of carbonyl (C=O) groups excluding carboxylic acids is 1. The standard InChI is InChI=1S/C15H24N4O2/c1-11(2)9-19-5-4-12(10-19)6-16-14(20)13-7-17-15(21-3)18-8-13/h7-8,11-12H,4-6,9-10H2,1-3H3,(H,16,20). The Balaban J connectivity index is 1.76. The van der Waals surface area contributed by atoms with Crippen LogP contribution in [0.1, 0.15) is 30.6 Å². The number of hydrogen-bond acceptors (Lipinski definition) is 5. The monoisotopic (exact) mass is 292 g/mol. The van der Waals surface area contributed by atoms with Crippen molar-refractivity contribution in [2.75, 3.05) is 33.3 Å². The van der Waals surface area contributed by atoms with E-state index in [0.717, 1.165) is 26.1 Å². The van der Waals surface area contributed by atoms with Gasteiger partial charge in [0.05, 0.1) is 12.7 Å². The minimum Gasteiger partial charge on any atom is -0.467 e. The number of nitrogens with zero attached hydrogens (tertiary/aromatic N) is 3. The molecular weight excluding hydrogens is 268 g/mol. The molecule has 0 bridgehead atoms. The Kier molecular flexibility index (Phi) is 5.50. The van der Waals surface area contributed by atoms with E-state index < -0.39 is 0 Å². The molecule has 1 aromatic heterocycles. The second-order valence-electron chi connectivity index (χ2n) is 5.98. The number of carbonyl (C=O) groups is 1. The lowest BCUT2D eigenvalue weighted by atomic mass is 10.1. The van der Waals surface area contributed by atoms with Crippen molar-refractivity contribution in [1.29, 1.82) is 0 Å². The normalized spacial score (nSPS) is 19.0. The van der Waals surface area contributed by atoms with Gasteiger partial charge in [0.25, 0.3) is 5.91 Å². The van der Waals surface area contributed by atoms with Crippen LogP contribution in [0.3, 0.4) is 0 Å². The number of aromatic nitrogens is 2. The lowest BCUT2D eigenvalue weighted by molar-refractivity contribution is 0.0946. The summed E-state index contributed by atoms with van der Waals surface area (Å²) >= 11 is 0. The Morgan fingerprint density at radius 3 is 2.81 bits per heavy atom. The molecule has 21 heavy (non-hydrogen) atoms. The van der Waals surface area contributed by atoms with Crippen molar-refractivity contribution in [2.24, 2.45) is 11.8 Å². The summed E-state index contributed by atoms with van der Waals surface area (Å²) < 4.78 is 4.87. The molecule has 1 amide bonds. The molecule has 1 saturated heterocycles. The highest BCUT2D eigenvalue weighted by molar-refractivity contribution is 5.93. The molecule has 0 aliphatic carbocycles. The first-order chi connectivity index (χ1) is 10.1. The largest absolute Gasteiger partial charge is 0.467 e. The quantitative estimate of drug-likeness (QED) is 0.853. The van der Waals surface area contributed by atoms with E-state index >= 15 is 0 Å². The summed E-state index contributed by atoms with van der Waals surface area (Å²) in [5.74, 6) is 1.10. The Morgan fingerprint density at radius 1 is 1.48 bits per heavy atom. The van der Waals surface area contributed by atoms with E-state index in [1.807, 2.05) is 0 Å². The van der Waals surface area contributed by atoms with Gasteiger partial charge in [0, 0.05) is 32.0 Å². The SMILES string of the molecule is COc1ncc(C(=O)NCC2CCN(CC(C)C)C2)cn1. The Bertz CT molecular complexity index is 461. The number of ether oxygens (including phenoxy) is 1. The van der Waals surface area contributed by atoms with Crippen LogP contribution in [-0.4, -0.2) is 54.1 Å². The predicted molar refractivity (Wildman–Crippen MR) is 80.3 cm³/mol. The molecular formula is C15H24N4O2. The highest BCUT2D eigenvalue weighted by Crippen LogP contribution is 2.16. The third kappa shape index (κ3) is 4.67. The van der Waals surface area contributed by atoms with Crippen LogP contribution >= 0.6 is 0 Å². The van der Waals surface area contributed by atoms with E-state index in [-0.39, 0.29) is 11.9 Å². The Labute approximate surface area is 125 Å². The molecule has 6 heteroatoms. The maximum Gasteiger partial charge on any atom is 0.316 e. The van der Waals surface area contributed by atoms with E-state index in [4.69, 9.17) is 4.74 Å². The average molecular weight is 292 g/mol.